The number of hydrogen-bond donors (Lipinski definition) is 2. The van der Waals surface area contributed by atoms with Crippen LogP contribution in [0.1, 0.15) is 5.82 Å². The number of anilines is 1. The van der Waals surface area contributed by atoms with E-state index in [0.29, 0.717) is 24.4 Å². The lowest BCUT2D eigenvalue weighted by Crippen LogP contribution is -2.30. The van der Waals surface area contributed by atoms with Gasteiger partial charge in [-0.15, -0.1) is 0 Å². The van der Waals surface area contributed by atoms with Gasteiger partial charge in [0.05, 0.1) is 0 Å². The lowest BCUT2D eigenvalue weighted by atomic mass is 10.3. The van der Waals surface area contributed by atoms with Crippen LogP contribution < -0.4 is 15.4 Å². The maximum Gasteiger partial charge on any atom is 0.319 e. The van der Waals surface area contributed by atoms with Gasteiger partial charge in [0.25, 0.3) is 0 Å². The Kier molecular flexibility index (Phi) is 5.26. The second-order valence-corrected chi connectivity index (χ2v) is 5.37. The summed E-state index contributed by atoms with van der Waals surface area (Å²) < 4.78 is 7.40. The molecule has 25 heavy (non-hydrogen) atoms. The Morgan fingerprint density at radius 3 is 2.48 bits per heavy atom. The molecule has 0 bridgehead atoms. The number of nitrogens with one attached hydrogen (secondary N) is 2. The van der Waals surface area contributed by atoms with Gasteiger partial charge in [0.2, 0.25) is 0 Å². The number of benzene rings is 2. The fourth-order valence-electron chi connectivity index (χ4n) is 2.24. The number of hydrogen-bond acceptors (Lipinski definition) is 4. The summed E-state index contributed by atoms with van der Waals surface area (Å²) in [5.41, 5.74) is 0.691. The van der Waals surface area contributed by atoms with Crippen molar-refractivity contribution in [3.8, 4) is 11.5 Å². The fourth-order valence-corrected chi connectivity index (χ4v) is 2.24. The Bertz CT molecular complexity index is 815. The monoisotopic (exact) mass is 337 g/mol. The number of urea groups is 1. The topological polar surface area (TPSA) is 81.1 Å². The molecule has 0 atom stereocenters. The molecule has 0 radical (unpaired) electrons. The molecule has 0 saturated carbocycles. The molecule has 0 aliphatic carbocycles. The Hall–Kier alpha value is -3.35. The largest absolute Gasteiger partial charge is 0.457 e. The molecule has 7 heteroatoms. The molecule has 7 nitrogen and oxygen atoms in total. The van der Waals surface area contributed by atoms with Gasteiger partial charge in [-0.3, -0.25) is 4.68 Å². The Balaban J connectivity index is 1.46. The highest BCUT2D eigenvalue weighted by Crippen LogP contribution is 2.22. The molecular weight excluding hydrogens is 318 g/mol. The van der Waals surface area contributed by atoms with E-state index < -0.39 is 0 Å². The molecule has 2 N–H and O–H groups in total. The quantitative estimate of drug-likeness (QED) is 0.724. The van der Waals surface area contributed by atoms with E-state index in [1.165, 1.54) is 6.33 Å². The number of rotatable bonds is 6. The van der Waals surface area contributed by atoms with Crippen molar-refractivity contribution in [3.05, 3.63) is 66.7 Å². The van der Waals surface area contributed by atoms with E-state index in [-0.39, 0.29) is 6.03 Å². The molecule has 0 aliphatic heterocycles. The maximum absolute atomic E-state index is 11.9. The molecule has 1 heterocycles. The smallest absolute Gasteiger partial charge is 0.319 e. The fraction of sp³-hybridized carbons (Fsp3) is 0.167. The van der Waals surface area contributed by atoms with Crippen LogP contribution in [0.5, 0.6) is 11.5 Å². The van der Waals surface area contributed by atoms with Crippen LogP contribution in [0.3, 0.4) is 0 Å². The number of amides is 2. The maximum atomic E-state index is 11.9. The van der Waals surface area contributed by atoms with E-state index in [1.807, 2.05) is 49.5 Å². The minimum atomic E-state index is -0.265. The standard InChI is InChI=1S/C18H19N5O2/c1-23-17(20-13-21-23)11-12-19-18(24)22-14-7-9-16(10-8-14)25-15-5-3-2-4-6-15/h2-10,13H,11-12H2,1H3,(H2,19,22,24). The van der Waals surface area contributed by atoms with Crippen LogP contribution in [0.15, 0.2) is 60.9 Å². The molecule has 3 rings (SSSR count). The molecule has 0 saturated heterocycles. The summed E-state index contributed by atoms with van der Waals surface area (Å²) in [5.74, 6) is 2.30. The van der Waals surface area contributed by atoms with E-state index in [1.54, 1.807) is 16.8 Å². The first kappa shape index (κ1) is 16.5. The molecule has 0 unspecified atom stereocenters. The minimum Gasteiger partial charge on any atom is -0.457 e. The number of nitrogens with zero attached hydrogens (tertiary/aromatic N) is 3. The number of aromatic nitrogens is 3. The van der Waals surface area contributed by atoms with Gasteiger partial charge >= 0.3 is 6.03 Å². The van der Waals surface area contributed by atoms with Crippen LogP contribution >= 0.6 is 0 Å². The van der Waals surface area contributed by atoms with Gasteiger partial charge in [-0.1, -0.05) is 18.2 Å². The summed E-state index contributed by atoms with van der Waals surface area (Å²) >= 11 is 0. The van der Waals surface area contributed by atoms with Gasteiger partial charge in [0.1, 0.15) is 23.7 Å². The van der Waals surface area contributed by atoms with Gasteiger partial charge in [-0.25, -0.2) is 9.78 Å². The van der Waals surface area contributed by atoms with Crippen LogP contribution in [-0.4, -0.2) is 27.3 Å². The minimum absolute atomic E-state index is 0.265. The van der Waals surface area contributed by atoms with Crippen LogP contribution in [0.25, 0.3) is 0 Å². The average Bonchev–Trinajstić information content (AvgIpc) is 3.03. The summed E-state index contributed by atoms with van der Waals surface area (Å²) in [5, 5.41) is 9.55. The van der Waals surface area contributed by atoms with Gasteiger partial charge < -0.3 is 15.4 Å². The summed E-state index contributed by atoms with van der Waals surface area (Å²) in [7, 11) is 1.82. The van der Waals surface area contributed by atoms with Crippen molar-refractivity contribution in [1.82, 2.24) is 20.1 Å². The van der Waals surface area contributed by atoms with Crippen molar-refractivity contribution in [2.75, 3.05) is 11.9 Å². The molecule has 0 aliphatic rings. The lowest BCUT2D eigenvalue weighted by Gasteiger charge is -2.09. The zero-order valence-corrected chi connectivity index (χ0v) is 13.8. The SMILES string of the molecule is Cn1ncnc1CCNC(=O)Nc1ccc(Oc2ccccc2)cc1. The Labute approximate surface area is 145 Å². The molecule has 128 valence electrons. The van der Waals surface area contributed by atoms with Gasteiger partial charge in [-0.05, 0) is 36.4 Å². The first-order valence-corrected chi connectivity index (χ1v) is 7.91. The summed E-state index contributed by atoms with van der Waals surface area (Å²) in [6.45, 7) is 0.480. The molecule has 3 aromatic rings. The number of carbonyl (C=O) groups is 1. The molecule has 2 aromatic carbocycles. The third kappa shape index (κ3) is 4.81. The van der Waals surface area contributed by atoms with Crippen molar-refractivity contribution in [2.24, 2.45) is 7.05 Å². The van der Waals surface area contributed by atoms with Crippen molar-refractivity contribution in [3.63, 3.8) is 0 Å². The second-order valence-electron chi connectivity index (χ2n) is 5.37. The molecular formula is C18H19N5O2. The highest BCUT2D eigenvalue weighted by Gasteiger charge is 2.04. The van der Waals surface area contributed by atoms with Crippen molar-refractivity contribution in [1.29, 1.82) is 0 Å². The lowest BCUT2D eigenvalue weighted by molar-refractivity contribution is 0.252. The highest BCUT2D eigenvalue weighted by molar-refractivity contribution is 5.89. The van der Waals surface area contributed by atoms with Gasteiger partial charge in [0, 0.05) is 25.7 Å². The highest BCUT2D eigenvalue weighted by atomic mass is 16.5. The predicted octanol–water partition coefficient (Wildman–Crippen LogP) is 2.97. The Morgan fingerprint density at radius 2 is 1.80 bits per heavy atom. The summed E-state index contributed by atoms with van der Waals surface area (Å²) in [6.07, 6.45) is 2.11. The van der Waals surface area contributed by atoms with Crippen LogP contribution in [0, 0.1) is 0 Å². The molecule has 0 spiro atoms. The van der Waals surface area contributed by atoms with Crippen LogP contribution in [0.2, 0.25) is 0 Å². The van der Waals surface area contributed by atoms with E-state index in [0.717, 1.165) is 11.6 Å². The normalized spacial score (nSPS) is 10.3. The molecule has 0 fully saturated rings. The van der Waals surface area contributed by atoms with Crippen molar-refractivity contribution in [2.45, 2.75) is 6.42 Å². The molecule has 2 amide bonds. The van der Waals surface area contributed by atoms with E-state index in [9.17, 15) is 4.79 Å². The second kappa shape index (κ2) is 7.96. The van der Waals surface area contributed by atoms with Gasteiger partial charge in [0.15, 0.2) is 0 Å². The van der Waals surface area contributed by atoms with E-state index in [4.69, 9.17) is 4.74 Å². The number of ether oxygens (including phenoxy) is 1. The zero-order valence-electron chi connectivity index (χ0n) is 13.8. The predicted molar refractivity (Wildman–Crippen MR) is 94.7 cm³/mol. The summed E-state index contributed by atoms with van der Waals surface area (Å²) in [6, 6.07) is 16.5. The number of aryl methyl sites for hydroxylation is 1. The van der Waals surface area contributed by atoms with E-state index in [2.05, 4.69) is 20.7 Å². The zero-order chi connectivity index (χ0) is 17.5. The first-order chi connectivity index (χ1) is 12.2. The van der Waals surface area contributed by atoms with Crippen LogP contribution in [-0.2, 0) is 13.5 Å². The average molecular weight is 337 g/mol. The van der Waals surface area contributed by atoms with Crippen molar-refractivity contribution >= 4 is 11.7 Å². The van der Waals surface area contributed by atoms with Crippen molar-refractivity contribution < 1.29 is 9.53 Å². The number of para-hydroxylation sites is 1. The van der Waals surface area contributed by atoms with Gasteiger partial charge in [-0.2, -0.15) is 5.10 Å². The first-order valence-electron chi connectivity index (χ1n) is 7.91. The van der Waals surface area contributed by atoms with E-state index >= 15 is 0 Å². The number of carbonyl (C=O) groups excluding carboxylic acids is 1. The third-order valence-corrected chi connectivity index (χ3v) is 3.53. The third-order valence-electron chi connectivity index (χ3n) is 3.53. The molecule has 1 aromatic heterocycles. The Morgan fingerprint density at radius 1 is 1.08 bits per heavy atom. The summed E-state index contributed by atoms with van der Waals surface area (Å²) in [4.78, 5) is 16.0. The van der Waals surface area contributed by atoms with Crippen LogP contribution in [0.4, 0.5) is 10.5 Å².